The van der Waals surface area contributed by atoms with Crippen LogP contribution < -0.4 is 15.6 Å². The van der Waals surface area contributed by atoms with Crippen molar-refractivity contribution in [3.63, 3.8) is 0 Å². The fraction of sp³-hybridized carbons (Fsp3) is 0.200. The molecule has 0 aliphatic carbocycles. The van der Waals surface area contributed by atoms with Gasteiger partial charge in [-0.25, -0.2) is 0 Å². The van der Waals surface area contributed by atoms with Crippen LogP contribution in [0, 0.1) is 0 Å². The number of carbonyl (C=O) groups is 1. The maximum Gasteiger partial charge on any atom is 0.278 e. The Labute approximate surface area is 126 Å². The Bertz CT molecular complexity index is 742. The van der Waals surface area contributed by atoms with E-state index in [0.717, 1.165) is 5.75 Å². The van der Waals surface area contributed by atoms with Crippen molar-refractivity contribution >= 4 is 5.91 Å². The molecule has 22 heavy (non-hydrogen) atoms. The molecule has 7 heteroatoms. The van der Waals surface area contributed by atoms with E-state index in [-0.39, 0.29) is 12.4 Å². The Hall–Kier alpha value is -2.96. The van der Waals surface area contributed by atoms with Gasteiger partial charge in [0.25, 0.3) is 5.91 Å². The van der Waals surface area contributed by atoms with Gasteiger partial charge in [-0.3, -0.25) is 14.3 Å². The van der Waals surface area contributed by atoms with Crippen molar-refractivity contribution in [2.45, 2.75) is 0 Å². The molecule has 1 aromatic heterocycles. The molecule has 1 aromatic carbocycles. The lowest BCUT2D eigenvalue weighted by molar-refractivity contribution is 0.0696. The number of hydrogen-bond donors (Lipinski definition) is 2. The maximum atomic E-state index is 12.3. The number of nitrogens with one attached hydrogen (secondary N) is 1. The number of hydrogen-bond acceptors (Lipinski definition) is 5. The zero-order chi connectivity index (χ0) is 15.5. The molecule has 0 saturated carbocycles. The highest BCUT2D eigenvalue weighted by molar-refractivity contribution is 5.96. The molecule has 2 N–H and O–H groups in total. The minimum atomic E-state index is -0.580. The Morgan fingerprint density at radius 1 is 1.18 bits per heavy atom. The van der Waals surface area contributed by atoms with E-state index in [1.54, 1.807) is 0 Å². The van der Waals surface area contributed by atoms with Gasteiger partial charge in [-0.2, -0.15) is 0 Å². The van der Waals surface area contributed by atoms with Crippen LogP contribution in [0.1, 0.15) is 10.5 Å². The third-order valence-corrected chi connectivity index (χ3v) is 3.37. The number of ether oxygens (including phenoxy) is 1. The van der Waals surface area contributed by atoms with Crippen LogP contribution in [0.2, 0.25) is 0 Å². The van der Waals surface area contributed by atoms with E-state index in [4.69, 9.17) is 4.74 Å². The molecule has 0 bridgehead atoms. The average Bonchev–Trinajstić information content (AvgIpc) is 2.54. The SMILES string of the molecule is O=C1c2c(O)c(=O)ccn2NCN1CCOc1ccccc1. The van der Waals surface area contributed by atoms with E-state index >= 15 is 0 Å². The van der Waals surface area contributed by atoms with Crippen molar-refractivity contribution in [1.29, 1.82) is 0 Å². The molecule has 0 atom stereocenters. The highest BCUT2D eigenvalue weighted by atomic mass is 16.5. The summed E-state index contributed by atoms with van der Waals surface area (Å²) in [5.41, 5.74) is 2.29. The first kappa shape index (κ1) is 14.0. The smallest absolute Gasteiger partial charge is 0.278 e. The van der Waals surface area contributed by atoms with E-state index in [0.29, 0.717) is 13.2 Å². The number of carbonyl (C=O) groups excluding carboxylic acids is 1. The lowest BCUT2D eigenvalue weighted by Crippen LogP contribution is -2.47. The third kappa shape index (κ3) is 2.60. The van der Waals surface area contributed by atoms with Crippen LogP contribution in [0.4, 0.5) is 0 Å². The van der Waals surface area contributed by atoms with Crippen molar-refractivity contribution in [1.82, 2.24) is 9.58 Å². The van der Waals surface area contributed by atoms with Gasteiger partial charge in [0.05, 0.1) is 6.54 Å². The Morgan fingerprint density at radius 3 is 2.73 bits per heavy atom. The minimum Gasteiger partial charge on any atom is -0.502 e. The van der Waals surface area contributed by atoms with Crippen LogP contribution >= 0.6 is 0 Å². The van der Waals surface area contributed by atoms with E-state index in [1.807, 2.05) is 30.3 Å². The predicted molar refractivity (Wildman–Crippen MR) is 79.6 cm³/mol. The molecular weight excluding hydrogens is 286 g/mol. The fourth-order valence-corrected chi connectivity index (χ4v) is 2.22. The topological polar surface area (TPSA) is 83.8 Å². The van der Waals surface area contributed by atoms with E-state index in [9.17, 15) is 14.7 Å². The minimum absolute atomic E-state index is 0.0570. The van der Waals surface area contributed by atoms with Crippen molar-refractivity contribution in [2.75, 3.05) is 25.2 Å². The number of nitrogens with zero attached hydrogens (tertiary/aromatic N) is 2. The van der Waals surface area contributed by atoms with Gasteiger partial charge in [0.1, 0.15) is 19.0 Å². The molecule has 0 radical (unpaired) electrons. The molecule has 2 heterocycles. The average molecular weight is 301 g/mol. The first-order valence-corrected chi connectivity index (χ1v) is 6.82. The van der Waals surface area contributed by atoms with Gasteiger partial charge in [-0.05, 0) is 12.1 Å². The molecule has 1 amide bonds. The van der Waals surface area contributed by atoms with Crippen molar-refractivity contribution in [2.24, 2.45) is 0 Å². The second-order valence-electron chi connectivity index (χ2n) is 4.79. The van der Waals surface area contributed by atoms with Crippen molar-refractivity contribution in [3.05, 3.63) is 58.5 Å². The second-order valence-corrected chi connectivity index (χ2v) is 4.79. The lowest BCUT2D eigenvalue weighted by atomic mass is 10.2. The van der Waals surface area contributed by atoms with Gasteiger partial charge in [0.15, 0.2) is 11.4 Å². The van der Waals surface area contributed by atoms with Crippen LogP contribution in [0.5, 0.6) is 11.5 Å². The summed E-state index contributed by atoms with van der Waals surface area (Å²) >= 11 is 0. The third-order valence-electron chi connectivity index (χ3n) is 3.37. The molecule has 3 rings (SSSR count). The summed E-state index contributed by atoms with van der Waals surface area (Å²) in [7, 11) is 0. The summed E-state index contributed by atoms with van der Waals surface area (Å²) in [5.74, 6) is -0.237. The number of amides is 1. The van der Waals surface area contributed by atoms with Crippen LogP contribution in [0.15, 0.2) is 47.4 Å². The zero-order valence-electron chi connectivity index (χ0n) is 11.7. The first-order chi connectivity index (χ1) is 10.7. The van der Waals surface area contributed by atoms with Crippen LogP contribution in [-0.4, -0.2) is 40.4 Å². The largest absolute Gasteiger partial charge is 0.502 e. The molecule has 1 aliphatic rings. The number of benzene rings is 1. The van der Waals surface area contributed by atoms with Gasteiger partial charge in [0.2, 0.25) is 5.43 Å². The highest BCUT2D eigenvalue weighted by Crippen LogP contribution is 2.16. The number of pyridine rings is 1. The molecular formula is C15H15N3O4. The molecule has 114 valence electrons. The molecule has 0 unspecified atom stereocenters. The summed E-state index contributed by atoms with van der Waals surface area (Å²) < 4.78 is 6.90. The highest BCUT2D eigenvalue weighted by Gasteiger charge is 2.27. The lowest BCUT2D eigenvalue weighted by Gasteiger charge is -2.31. The van der Waals surface area contributed by atoms with E-state index in [1.165, 1.54) is 21.8 Å². The molecule has 1 aliphatic heterocycles. The maximum absolute atomic E-state index is 12.3. The van der Waals surface area contributed by atoms with Gasteiger partial charge < -0.3 is 20.2 Å². The normalized spacial score (nSPS) is 13.5. The predicted octanol–water partition coefficient (Wildman–Crippen LogP) is 0.590. The van der Waals surface area contributed by atoms with Crippen molar-refractivity contribution in [3.8, 4) is 11.5 Å². The van der Waals surface area contributed by atoms with Gasteiger partial charge in [-0.15, -0.1) is 0 Å². The first-order valence-electron chi connectivity index (χ1n) is 6.82. The van der Waals surface area contributed by atoms with Crippen LogP contribution in [0.3, 0.4) is 0 Å². The van der Waals surface area contributed by atoms with E-state index in [2.05, 4.69) is 5.43 Å². The molecule has 0 spiro atoms. The Balaban J connectivity index is 1.68. The van der Waals surface area contributed by atoms with Crippen molar-refractivity contribution < 1.29 is 14.6 Å². The summed E-state index contributed by atoms with van der Waals surface area (Å²) in [6.45, 7) is 0.921. The summed E-state index contributed by atoms with van der Waals surface area (Å²) in [6.07, 6.45) is 1.42. The van der Waals surface area contributed by atoms with E-state index < -0.39 is 17.1 Å². The Kier molecular flexibility index (Phi) is 3.69. The quantitative estimate of drug-likeness (QED) is 0.863. The van der Waals surface area contributed by atoms with Crippen LogP contribution in [0.25, 0.3) is 0 Å². The number of fused-ring (bicyclic) bond motifs is 1. The molecule has 0 saturated heterocycles. The monoisotopic (exact) mass is 301 g/mol. The molecule has 7 nitrogen and oxygen atoms in total. The van der Waals surface area contributed by atoms with Crippen LogP contribution in [-0.2, 0) is 0 Å². The second kappa shape index (κ2) is 5.80. The summed E-state index contributed by atoms with van der Waals surface area (Å²) in [5, 5.41) is 9.78. The summed E-state index contributed by atoms with van der Waals surface area (Å²) in [4.78, 5) is 25.3. The standard InChI is InChI=1S/C15H15N3O4/c19-12-6-7-18-13(14(12)20)15(21)17(10-16-18)8-9-22-11-4-2-1-3-5-11/h1-7,16,20H,8-10H2. The number of aromatic nitrogens is 1. The molecule has 0 fully saturated rings. The van der Waals surface area contributed by atoms with Gasteiger partial charge in [0, 0.05) is 12.3 Å². The number of rotatable bonds is 4. The number of aromatic hydroxyl groups is 1. The van der Waals surface area contributed by atoms with Gasteiger partial charge >= 0.3 is 0 Å². The van der Waals surface area contributed by atoms with Gasteiger partial charge in [-0.1, -0.05) is 18.2 Å². The number of para-hydroxylation sites is 1. The Morgan fingerprint density at radius 2 is 1.95 bits per heavy atom. The molecule has 2 aromatic rings. The summed E-state index contributed by atoms with van der Waals surface area (Å²) in [6, 6.07) is 10.5. The fourth-order valence-electron chi connectivity index (χ4n) is 2.22. The zero-order valence-corrected chi connectivity index (χ0v) is 11.7.